The maximum Gasteiger partial charge on any atom is 0.218 e. The highest BCUT2D eigenvalue weighted by atomic mass is 16.5. The van der Waals surface area contributed by atoms with Gasteiger partial charge in [-0.2, -0.15) is 0 Å². The van der Waals surface area contributed by atoms with Crippen molar-refractivity contribution in [2.45, 2.75) is 25.8 Å². The van der Waals surface area contributed by atoms with E-state index in [2.05, 4.69) is 24.1 Å². The van der Waals surface area contributed by atoms with Crippen molar-refractivity contribution in [1.29, 1.82) is 0 Å². The van der Waals surface area contributed by atoms with Gasteiger partial charge in [0, 0.05) is 38.1 Å². The molecule has 1 rings (SSSR count). The van der Waals surface area contributed by atoms with Gasteiger partial charge in [0.2, 0.25) is 5.91 Å². The molecule has 0 aliphatic carbocycles. The molecule has 1 aliphatic rings. The van der Waals surface area contributed by atoms with Crippen LogP contribution in [0.4, 0.5) is 0 Å². The molecule has 1 aliphatic heterocycles. The van der Waals surface area contributed by atoms with Crippen molar-refractivity contribution in [2.75, 3.05) is 39.4 Å². The Bertz CT molecular complexity index is 225. The minimum atomic E-state index is -0.253. The molecule has 0 radical (unpaired) electrons. The lowest BCUT2D eigenvalue weighted by Crippen LogP contribution is -2.54. The second-order valence-corrected chi connectivity index (χ2v) is 4.80. The van der Waals surface area contributed by atoms with Crippen LogP contribution in [0.1, 0.15) is 20.3 Å². The standard InChI is InChI=1S/C11H23N3O2/c1-11(2,9-13-4-3-10(12)15)14-5-7-16-8-6-14/h13H,3-9H2,1-2H3,(H2,12,15). The smallest absolute Gasteiger partial charge is 0.218 e. The second-order valence-electron chi connectivity index (χ2n) is 4.80. The van der Waals surface area contributed by atoms with Crippen molar-refractivity contribution >= 4 is 5.91 Å². The average molecular weight is 229 g/mol. The fourth-order valence-corrected chi connectivity index (χ4v) is 1.89. The number of hydrogen-bond donors (Lipinski definition) is 2. The summed E-state index contributed by atoms with van der Waals surface area (Å²) in [7, 11) is 0. The van der Waals surface area contributed by atoms with Gasteiger partial charge < -0.3 is 15.8 Å². The summed E-state index contributed by atoms with van der Waals surface area (Å²) in [5.41, 5.74) is 5.18. The second kappa shape index (κ2) is 6.18. The summed E-state index contributed by atoms with van der Waals surface area (Å²) in [6, 6.07) is 0. The average Bonchev–Trinajstić information content (AvgIpc) is 2.26. The Morgan fingerprint density at radius 1 is 1.44 bits per heavy atom. The highest BCUT2D eigenvalue weighted by molar-refractivity contribution is 5.73. The van der Waals surface area contributed by atoms with Crippen LogP contribution in [-0.2, 0) is 9.53 Å². The molecule has 3 N–H and O–H groups in total. The van der Waals surface area contributed by atoms with Gasteiger partial charge in [0.05, 0.1) is 13.2 Å². The Balaban J connectivity index is 2.24. The first kappa shape index (κ1) is 13.4. The molecule has 16 heavy (non-hydrogen) atoms. The monoisotopic (exact) mass is 229 g/mol. The molecule has 0 aromatic carbocycles. The Labute approximate surface area is 97.3 Å². The van der Waals surface area contributed by atoms with E-state index in [9.17, 15) is 4.79 Å². The molecule has 0 atom stereocenters. The van der Waals surface area contributed by atoms with E-state index >= 15 is 0 Å². The summed E-state index contributed by atoms with van der Waals surface area (Å²) in [6.07, 6.45) is 0.402. The lowest BCUT2D eigenvalue weighted by atomic mass is 10.0. The van der Waals surface area contributed by atoms with E-state index in [0.717, 1.165) is 32.8 Å². The molecule has 0 spiro atoms. The summed E-state index contributed by atoms with van der Waals surface area (Å²) in [5, 5.41) is 3.27. The molecule has 1 heterocycles. The van der Waals surface area contributed by atoms with E-state index < -0.39 is 0 Å². The maximum atomic E-state index is 10.6. The minimum absolute atomic E-state index is 0.0986. The van der Waals surface area contributed by atoms with Crippen molar-refractivity contribution in [3.05, 3.63) is 0 Å². The predicted octanol–water partition coefficient (Wildman–Crippen LogP) is -0.438. The molecule has 5 nitrogen and oxygen atoms in total. The number of nitrogens with two attached hydrogens (primary N) is 1. The summed E-state index contributed by atoms with van der Waals surface area (Å²) < 4.78 is 5.33. The molecular weight excluding hydrogens is 206 g/mol. The van der Waals surface area contributed by atoms with Crippen molar-refractivity contribution in [1.82, 2.24) is 10.2 Å². The van der Waals surface area contributed by atoms with Gasteiger partial charge in [0.1, 0.15) is 0 Å². The molecule has 0 unspecified atom stereocenters. The zero-order chi connectivity index (χ0) is 12.0. The molecule has 1 amide bonds. The summed E-state index contributed by atoms with van der Waals surface area (Å²) in [5.74, 6) is -0.253. The Kier molecular flexibility index (Phi) is 5.18. The first-order valence-corrected chi connectivity index (χ1v) is 5.84. The molecule has 0 saturated carbocycles. The fraction of sp³-hybridized carbons (Fsp3) is 0.909. The zero-order valence-electron chi connectivity index (χ0n) is 10.3. The Hall–Kier alpha value is -0.650. The van der Waals surface area contributed by atoms with Gasteiger partial charge in [0.25, 0.3) is 0 Å². The first-order chi connectivity index (χ1) is 7.52. The highest BCUT2D eigenvalue weighted by Gasteiger charge is 2.27. The zero-order valence-corrected chi connectivity index (χ0v) is 10.3. The van der Waals surface area contributed by atoms with E-state index in [0.29, 0.717) is 13.0 Å². The Morgan fingerprint density at radius 2 is 2.06 bits per heavy atom. The number of nitrogens with one attached hydrogen (secondary N) is 1. The number of ether oxygens (including phenoxy) is 1. The maximum absolute atomic E-state index is 10.6. The van der Waals surface area contributed by atoms with E-state index in [-0.39, 0.29) is 11.4 Å². The molecular formula is C11H23N3O2. The number of carbonyl (C=O) groups excluding carboxylic acids is 1. The van der Waals surface area contributed by atoms with Crippen molar-refractivity contribution in [3.8, 4) is 0 Å². The number of hydrogen-bond acceptors (Lipinski definition) is 4. The quantitative estimate of drug-likeness (QED) is 0.606. The molecule has 1 saturated heterocycles. The van der Waals surface area contributed by atoms with E-state index in [1.54, 1.807) is 0 Å². The third kappa shape index (κ3) is 4.47. The van der Waals surface area contributed by atoms with Gasteiger partial charge in [-0.3, -0.25) is 9.69 Å². The lowest BCUT2D eigenvalue weighted by Gasteiger charge is -2.41. The van der Waals surface area contributed by atoms with E-state index in [1.165, 1.54) is 0 Å². The predicted molar refractivity (Wildman–Crippen MR) is 63.2 cm³/mol. The molecule has 0 aromatic heterocycles. The van der Waals surface area contributed by atoms with Gasteiger partial charge >= 0.3 is 0 Å². The molecule has 94 valence electrons. The van der Waals surface area contributed by atoms with E-state index in [4.69, 9.17) is 10.5 Å². The summed E-state index contributed by atoms with van der Waals surface area (Å²) in [4.78, 5) is 13.0. The minimum Gasteiger partial charge on any atom is -0.379 e. The first-order valence-electron chi connectivity index (χ1n) is 5.84. The van der Waals surface area contributed by atoms with Crippen LogP contribution in [0.2, 0.25) is 0 Å². The highest BCUT2D eigenvalue weighted by Crippen LogP contribution is 2.14. The van der Waals surface area contributed by atoms with Crippen molar-refractivity contribution in [2.24, 2.45) is 5.73 Å². The van der Waals surface area contributed by atoms with Crippen LogP contribution in [0.3, 0.4) is 0 Å². The van der Waals surface area contributed by atoms with Gasteiger partial charge in [-0.1, -0.05) is 0 Å². The number of nitrogens with zero attached hydrogens (tertiary/aromatic N) is 1. The number of primary amides is 1. The number of amides is 1. The van der Waals surface area contributed by atoms with Crippen LogP contribution in [0, 0.1) is 0 Å². The van der Waals surface area contributed by atoms with Crippen LogP contribution >= 0.6 is 0 Å². The van der Waals surface area contributed by atoms with E-state index in [1.807, 2.05) is 0 Å². The Morgan fingerprint density at radius 3 is 2.62 bits per heavy atom. The fourth-order valence-electron chi connectivity index (χ4n) is 1.89. The molecule has 1 fully saturated rings. The topological polar surface area (TPSA) is 67.6 Å². The lowest BCUT2D eigenvalue weighted by molar-refractivity contribution is -0.117. The van der Waals surface area contributed by atoms with Gasteiger partial charge in [-0.05, 0) is 13.8 Å². The van der Waals surface area contributed by atoms with Gasteiger partial charge in [-0.15, -0.1) is 0 Å². The van der Waals surface area contributed by atoms with Crippen LogP contribution in [-0.4, -0.2) is 55.7 Å². The number of carbonyl (C=O) groups is 1. The van der Waals surface area contributed by atoms with Gasteiger partial charge in [-0.25, -0.2) is 0 Å². The largest absolute Gasteiger partial charge is 0.379 e. The van der Waals surface area contributed by atoms with Gasteiger partial charge in [0.15, 0.2) is 0 Å². The van der Waals surface area contributed by atoms with Crippen molar-refractivity contribution < 1.29 is 9.53 Å². The van der Waals surface area contributed by atoms with Crippen LogP contribution in [0.15, 0.2) is 0 Å². The number of rotatable bonds is 6. The normalized spacial score (nSPS) is 18.6. The molecule has 0 aromatic rings. The number of morpholine rings is 1. The van der Waals surface area contributed by atoms with Crippen LogP contribution in [0.5, 0.6) is 0 Å². The molecule has 0 bridgehead atoms. The third-order valence-electron chi connectivity index (χ3n) is 2.97. The summed E-state index contributed by atoms with van der Waals surface area (Å²) >= 11 is 0. The SMILES string of the molecule is CC(C)(CNCCC(N)=O)N1CCOCC1. The van der Waals surface area contributed by atoms with Crippen molar-refractivity contribution in [3.63, 3.8) is 0 Å². The van der Waals surface area contributed by atoms with Crippen LogP contribution in [0.25, 0.3) is 0 Å². The molecule has 5 heteroatoms. The summed E-state index contributed by atoms with van der Waals surface area (Å²) in [6.45, 7) is 9.50. The third-order valence-corrected chi connectivity index (χ3v) is 2.97. The van der Waals surface area contributed by atoms with Crippen LogP contribution < -0.4 is 11.1 Å².